The first-order chi connectivity index (χ1) is 10.3. The Morgan fingerprint density at radius 3 is 2.36 bits per heavy atom. The molecule has 1 aromatic rings. The van der Waals surface area contributed by atoms with Crippen molar-refractivity contribution in [3.05, 3.63) is 16.8 Å². The Morgan fingerprint density at radius 1 is 1.23 bits per heavy atom. The number of aliphatic carboxylic acids is 1. The molecule has 0 aliphatic rings. The first-order valence-electron chi connectivity index (χ1n) is 6.57. The molecule has 1 aromatic carbocycles. The summed E-state index contributed by atoms with van der Waals surface area (Å²) >= 11 is 6.58. The molecule has 1 N–H and O–H groups in total. The zero-order chi connectivity index (χ0) is 16.9. The summed E-state index contributed by atoms with van der Waals surface area (Å²) < 4.78 is 8.22. The molecule has 0 saturated carbocycles. The number of hydrogen-bond donors (Lipinski definition) is 1. The van der Waals surface area contributed by atoms with Gasteiger partial charge >= 0.3 is 5.97 Å². The predicted octanol–water partition coefficient (Wildman–Crippen LogP) is 4.12. The number of ether oxygens (including phenoxy) is 1. The topological polar surface area (TPSA) is 66.8 Å². The number of benzene rings is 1. The van der Waals surface area contributed by atoms with E-state index in [0.29, 0.717) is 6.54 Å². The normalized spacial score (nSPS) is 10.4. The van der Waals surface area contributed by atoms with E-state index in [2.05, 4.69) is 67.8 Å². The fourth-order valence-corrected chi connectivity index (χ4v) is 6.32. The molecule has 0 aliphatic carbocycles. The lowest BCUT2D eigenvalue weighted by atomic mass is 10.2. The van der Waals surface area contributed by atoms with Gasteiger partial charge in [0.2, 0.25) is 5.91 Å². The van der Waals surface area contributed by atoms with Crippen LogP contribution in [0.5, 0.6) is 5.75 Å². The molecule has 1 amide bonds. The molecule has 1 rings (SSSR count). The lowest BCUT2D eigenvalue weighted by molar-refractivity contribution is -0.138. The standard InChI is InChI=1S/C14H16I3NO4/c1-3-6-18(10(19)4-5-11(20)21)13-8(15)7-9(16)14(22-2)12(13)17/h7H,3-6H2,1-2H3,(H,20,21). The van der Waals surface area contributed by atoms with Crippen molar-refractivity contribution in [2.24, 2.45) is 0 Å². The minimum atomic E-state index is -0.964. The van der Waals surface area contributed by atoms with E-state index in [1.807, 2.05) is 13.0 Å². The van der Waals surface area contributed by atoms with Crippen molar-refractivity contribution in [3.63, 3.8) is 0 Å². The highest BCUT2D eigenvalue weighted by atomic mass is 127. The van der Waals surface area contributed by atoms with Crippen LogP contribution in [0.4, 0.5) is 5.69 Å². The summed E-state index contributed by atoms with van der Waals surface area (Å²) in [6.07, 6.45) is 0.628. The van der Waals surface area contributed by atoms with Crippen LogP contribution in [0.15, 0.2) is 6.07 Å². The van der Waals surface area contributed by atoms with E-state index >= 15 is 0 Å². The first-order valence-corrected chi connectivity index (χ1v) is 9.80. The number of carboxylic acid groups (broad SMARTS) is 1. The number of amides is 1. The number of nitrogens with zero attached hydrogens (tertiary/aromatic N) is 1. The van der Waals surface area contributed by atoms with Crippen LogP contribution in [0.2, 0.25) is 0 Å². The van der Waals surface area contributed by atoms with Gasteiger partial charge in [-0.25, -0.2) is 0 Å². The van der Waals surface area contributed by atoms with E-state index in [1.165, 1.54) is 0 Å². The van der Waals surface area contributed by atoms with Gasteiger partial charge in [-0.1, -0.05) is 6.92 Å². The van der Waals surface area contributed by atoms with Crippen LogP contribution in [-0.2, 0) is 9.59 Å². The largest absolute Gasteiger partial charge is 0.494 e. The summed E-state index contributed by atoms with van der Waals surface area (Å²) in [6, 6.07) is 1.96. The van der Waals surface area contributed by atoms with Crippen molar-refractivity contribution in [3.8, 4) is 5.75 Å². The van der Waals surface area contributed by atoms with Gasteiger partial charge in [0, 0.05) is 16.5 Å². The van der Waals surface area contributed by atoms with Crippen LogP contribution in [-0.4, -0.2) is 30.6 Å². The second-order valence-corrected chi connectivity index (χ2v) is 7.88. The Bertz CT molecular complexity index is 578. The maximum Gasteiger partial charge on any atom is 0.303 e. The highest BCUT2D eigenvalue weighted by molar-refractivity contribution is 14.1. The SMILES string of the molecule is CCCN(C(=O)CCC(=O)O)c1c(I)cc(I)c(OC)c1I. The zero-order valence-corrected chi connectivity index (χ0v) is 18.6. The second kappa shape index (κ2) is 9.45. The average Bonchev–Trinajstić information content (AvgIpc) is 2.43. The number of anilines is 1. The molecule has 0 fully saturated rings. The van der Waals surface area contributed by atoms with Crippen molar-refractivity contribution in [2.75, 3.05) is 18.6 Å². The molecular formula is C14H16I3NO4. The van der Waals surface area contributed by atoms with E-state index < -0.39 is 5.97 Å². The van der Waals surface area contributed by atoms with Crippen LogP contribution in [0.25, 0.3) is 0 Å². The fraction of sp³-hybridized carbons (Fsp3) is 0.429. The minimum absolute atomic E-state index is 0.00417. The van der Waals surface area contributed by atoms with Crippen molar-refractivity contribution in [2.45, 2.75) is 26.2 Å². The third-order valence-corrected chi connectivity index (χ3v) is 5.50. The number of carboxylic acids is 1. The number of halogens is 3. The van der Waals surface area contributed by atoms with Gasteiger partial charge in [-0.15, -0.1) is 0 Å². The summed E-state index contributed by atoms with van der Waals surface area (Å²) in [4.78, 5) is 24.8. The van der Waals surface area contributed by atoms with Crippen LogP contribution in [0, 0.1) is 10.7 Å². The number of carbonyl (C=O) groups excluding carboxylic acids is 1. The summed E-state index contributed by atoms with van der Waals surface area (Å²) in [7, 11) is 1.60. The Morgan fingerprint density at radius 2 is 1.86 bits per heavy atom. The van der Waals surface area contributed by atoms with E-state index in [4.69, 9.17) is 9.84 Å². The van der Waals surface area contributed by atoms with Crippen molar-refractivity contribution in [1.82, 2.24) is 0 Å². The lowest BCUT2D eigenvalue weighted by Gasteiger charge is -2.26. The van der Waals surface area contributed by atoms with Crippen LogP contribution in [0.3, 0.4) is 0 Å². The highest BCUT2D eigenvalue weighted by Gasteiger charge is 2.24. The predicted molar refractivity (Wildman–Crippen MR) is 111 cm³/mol. The Balaban J connectivity index is 3.26. The fourth-order valence-electron chi connectivity index (χ4n) is 1.93. The molecule has 0 aromatic heterocycles. The number of methoxy groups -OCH3 is 1. The lowest BCUT2D eigenvalue weighted by Crippen LogP contribution is -2.33. The molecule has 0 spiro atoms. The number of rotatable bonds is 7. The maximum absolute atomic E-state index is 12.4. The van der Waals surface area contributed by atoms with E-state index in [-0.39, 0.29) is 18.7 Å². The minimum Gasteiger partial charge on any atom is -0.494 e. The number of hydrogen-bond acceptors (Lipinski definition) is 3. The molecule has 5 nitrogen and oxygen atoms in total. The Kier molecular flexibility index (Phi) is 8.67. The molecule has 8 heteroatoms. The van der Waals surface area contributed by atoms with Crippen LogP contribution < -0.4 is 9.64 Å². The van der Waals surface area contributed by atoms with Crippen molar-refractivity contribution < 1.29 is 19.4 Å². The molecule has 0 heterocycles. The first kappa shape index (κ1) is 20.2. The molecular weight excluding hydrogens is 627 g/mol. The summed E-state index contributed by atoms with van der Waals surface area (Å²) in [5.74, 6) is -0.401. The average molecular weight is 643 g/mol. The Hall–Kier alpha value is 0.150. The second-order valence-electron chi connectivity index (χ2n) is 4.48. The van der Waals surface area contributed by atoms with Gasteiger partial charge in [-0.3, -0.25) is 9.59 Å². The van der Waals surface area contributed by atoms with E-state index in [9.17, 15) is 9.59 Å². The summed E-state index contributed by atoms with van der Waals surface area (Å²) in [5, 5.41) is 8.78. The van der Waals surface area contributed by atoms with Gasteiger partial charge < -0.3 is 14.7 Å². The maximum atomic E-state index is 12.4. The van der Waals surface area contributed by atoms with Gasteiger partial charge in [0.25, 0.3) is 0 Å². The number of carbonyl (C=O) groups is 2. The van der Waals surface area contributed by atoms with Crippen LogP contribution >= 0.6 is 67.8 Å². The molecule has 122 valence electrons. The van der Waals surface area contributed by atoms with Gasteiger partial charge in [0.1, 0.15) is 5.75 Å². The molecule has 0 aliphatic heterocycles. The van der Waals surface area contributed by atoms with Crippen molar-refractivity contribution in [1.29, 1.82) is 0 Å². The molecule has 0 radical (unpaired) electrons. The smallest absolute Gasteiger partial charge is 0.303 e. The quantitative estimate of drug-likeness (QED) is 0.455. The zero-order valence-electron chi connectivity index (χ0n) is 12.2. The van der Waals surface area contributed by atoms with Gasteiger partial charge in [-0.05, 0) is 80.3 Å². The van der Waals surface area contributed by atoms with E-state index in [1.54, 1.807) is 12.0 Å². The third kappa shape index (κ3) is 5.08. The molecule has 0 unspecified atom stereocenters. The summed E-state index contributed by atoms with van der Waals surface area (Å²) in [6.45, 7) is 2.54. The van der Waals surface area contributed by atoms with Crippen molar-refractivity contribution >= 4 is 85.3 Å². The molecule has 22 heavy (non-hydrogen) atoms. The third-order valence-electron chi connectivity index (χ3n) is 2.88. The highest BCUT2D eigenvalue weighted by Crippen LogP contribution is 2.39. The summed E-state index contributed by atoms with van der Waals surface area (Å²) in [5.41, 5.74) is 0.802. The van der Waals surface area contributed by atoms with Gasteiger partial charge in [0.15, 0.2) is 0 Å². The molecule has 0 bridgehead atoms. The van der Waals surface area contributed by atoms with Crippen LogP contribution in [0.1, 0.15) is 26.2 Å². The van der Waals surface area contributed by atoms with E-state index in [0.717, 1.165) is 28.6 Å². The monoisotopic (exact) mass is 643 g/mol. The van der Waals surface area contributed by atoms with Gasteiger partial charge in [-0.2, -0.15) is 0 Å². The van der Waals surface area contributed by atoms with Gasteiger partial charge in [0.05, 0.1) is 26.4 Å². The molecule has 0 atom stereocenters. The molecule has 0 saturated heterocycles. The Labute approximate surface area is 170 Å².